The zero-order valence-corrected chi connectivity index (χ0v) is 12.5. The fraction of sp³-hybridized carbons (Fsp3) is 0.688. The Labute approximate surface area is 117 Å². The third-order valence-electron chi connectivity index (χ3n) is 4.34. The first-order chi connectivity index (χ1) is 9.27. The van der Waals surface area contributed by atoms with Crippen molar-refractivity contribution in [2.75, 3.05) is 18.5 Å². The predicted octanol–water partition coefficient (Wildman–Crippen LogP) is 3.52. The molecule has 3 nitrogen and oxygen atoms in total. The van der Waals surface area contributed by atoms with Gasteiger partial charge in [0.25, 0.3) is 0 Å². The highest BCUT2D eigenvalue weighted by molar-refractivity contribution is 5.49. The largest absolute Gasteiger partial charge is 0.353 e. The number of hydrogen-bond donors (Lipinski definition) is 1. The highest BCUT2D eigenvalue weighted by Crippen LogP contribution is 2.29. The van der Waals surface area contributed by atoms with Crippen molar-refractivity contribution >= 4 is 5.82 Å². The van der Waals surface area contributed by atoms with Gasteiger partial charge < -0.3 is 10.2 Å². The summed E-state index contributed by atoms with van der Waals surface area (Å²) in [6, 6.07) is 5.26. The van der Waals surface area contributed by atoms with Gasteiger partial charge in [0, 0.05) is 30.4 Å². The van der Waals surface area contributed by atoms with Crippen LogP contribution in [0.5, 0.6) is 0 Å². The summed E-state index contributed by atoms with van der Waals surface area (Å²) in [5, 5.41) is 3.34. The molecule has 1 fully saturated rings. The van der Waals surface area contributed by atoms with Gasteiger partial charge in [0.1, 0.15) is 5.82 Å². The van der Waals surface area contributed by atoms with Crippen LogP contribution in [0.4, 0.5) is 5.82 Å². The number of nitrogens with zero attached hydrogens (tertiary/aromatic N) is 2. The Morgan fingerprint density at radius 3 is 3.00 bits per heavy atom. The Kier molecular flexibility index (Phi) is 5.20. The van der Waals surface area contributed by atoms with E-state index >= 15 is 0 Å². The first-order valence-electron chi connectivity index (χ1n) is 7.66. The van der Waals surface area contributed by atoms with Crippen molar-refractivity contribution in [1.29, 1.82) is 0 Å². The van der Waals surface area contributed by atoms with Gasteiger partial charge in [-0.05, 0) is 39.3 Å². The van der Waals surface area contributed by atoms with E-state index in [9.17, 15) is 0 Å². The molecular formula is C16H27N3. The molecule has 0 bridgehead atoms. The van der Waals surface area contributed by atoms with Gasteiger partial charge >= 0.3 is 0 Å². The van der Waals surface area contributed by atoms with Crippen LogP contribution in [0.1, 0.15) is 57.6 Å². The van der Waals surface area contributed by atoms with Gasteiger partial charge in [-0.1, -0.05) is 25.8 Å². The van der Waals surface area contributed by atoms with Crippen molar-refractivity contribution in [2.24, 2.45) is 0 Å². The molecule has 1 N–H and O–H groups in total. The third-order valence-corrected chi connectivity index (χ3v) is 4.34. The number of nitrogens with one attached hydrogen (secondary N) is 1. The predicted molar refractivity (Wildman–Crippen MR) is 81.6 cm³/mol. The minimum atomic E-state index is 0.351. The molecule has 0 amide bonds. The molecule has 0 saturated carbocycles. The Hall–Kier alpha value is -1.09. The molecule has 2 rings (SSSR count). The Morgan fingerprint density at radius 1 is 1.42 bits per heavy atom. The van der Waals surface area contributed by atoms with Crippen molar-refractivity contribution in [2.45, 2.75) is 58.0 Å². The summed E-state index contributed by atoms with van der Waals surface area (Å²) >= 11 is 0. The Balaban J connectivity index is 2.32. The third kappa shape index (κ3) is 3.27. The zero-order valence-electron chi connectivity index (χ0n) is 12.5. The lowest BCUT2D eigenvalue weighted by Gasteiger charge is -2.33. The molecule has 1 saturated heterocycles. The van der Waals surface area contributed by atoms with Crippen molar-refractivity contribution in [3.63, 3.8) is 0 Å². The second-order valence-corrected chi connectivity index (χ2v) is 5.53. The SMILES string of the molecule is CCC1CCCCCN1c1ncccc1C(C)NC. The number of hydrogen-bond acceptors (Lipinski definition) is 3. The number of rotatable bonds is 4. The maximum absolute atomic E-state index is 4.70. The van der Waals surface area contributed by atoms with Crippen LogP contribution in [-0.4, -0.2) is 24.6 Å². The van der Waals surface area contributed by atoms with Crippen molar-refractivity contribution in [3.05, 3.63) is 23.9 Å². The van der Waals surface area contributed by atoms with Crippen LogP contribution in [0.25, 0.3) is 0 Å². The van der Waals surface area contributed by atoms with Crippen LogP contribution in [0, 0.1) is 0 Å². The minimum absolute atomic E-state index is 0.351. The summed E-state index contributed by atoms with van der Waals surface area (Å²) < 4.78 is 0. The summed E-state index contributed by atoms with van der Waals surface area (Å²) in [4.78, 5) is 7.25. The average Bonchev–Trinajstić information content (AvgIpc) is 2.71. The van der Waals surface area contributed by atoms with E-state index in [2.05, 4.69) is 30.1 Å². The molecule has 2 unspecified atom stereocenters. The molecule has 19 heavy (non-hydrogen) atoms. The van der Waals surface area contributed by atoms with Crippen LogP contribution >= 0.6 is 0 Å². The summed E-state index contributed by atoms with van der Waals surface area (Å²) in [5.41, 5.74) is 1.32. The molecule has 106 valence electrons. The number of anilines is 1. The first kappa shape index (κ1) is 14.3. The van der Waals surface area contributed by atoms with E-state index in [4.69, 9.17) is 4.98 Å². The van der Waals surface area contributed by atoms with E-state index in [0.717, 1.165) is 6.54 Å². The van der Waals surface area contributed by atoms with Gasteiger partial charge in [0.05, 0.1) is 0 Å². The molecule has 1 aliphatic heterocycles. The van der Waals surface area contributed by atoms with E-state index in [0.29, 0.717) is 12.1 Å². The van der Waals surface area contributed by atoms with Crippen molar-refractivity contribution < 1.29 is 0 Å². The van der Waals surface area contributed by atoms with Crippen molar-refractivity contribution in [1.82, 2.24) is 10.3 Å². The standard InChI is InChI=1S/C16H27N3/c1-4-14-9-6-5-7-12-19(14)16-15(13(2)17-3)10-8-11-18-16/h8,10-11,13-14,17H,4-7,9,12H2,1-3H3. The topological polar surface area (TPSA) is 28.2 Å². The molecule has 1 aliphatic rings. The summed E-state index contributed by atoms with van der Waals surface area (Å²) in [7, 11) is 2.02. The minimum Gasteiger partial charge on any atom is -0.353 e. The second kappa shape index (κ2) is 6.90. The van der Waals surface area contributed by atoms with Gasteiger partial charge in [-0.15, -0.1) is 0 Å². The van der Waals surface area contributed by atoms with Crippen LogP contribution < -0.4 is 10.2 Å². The summed E-state index contributed by atoms with van der Waals surface area (Å²) in [5.74, 6) is 1.19. The highest BCUT2D eigenvalue weighted by atomic mass is 15.2. The Bertz CT molecular complexity index is 391. The lowest BCUT2D eigenvalue weighted by atomic mass is 10.1. The van der Waals surface area contributed by atoms with Gasteiger partial charge in [-0.25, -0.2) is 4.98 Å². The molecule has 0 radical (unpaired) electrons. The van der Waals surface area contributed by atoms with E-state index in [1.807, 2.05) is 19.3 Å². The first-order valence-corrected chi connectivity index (χ1v) is 7.66. The van der Waals surface area contributed by atoms with Gasteiger partial charge in [0.15, 0.2) is 0 Å². The monoisotopic (exact) mass is 261 g/mol. The van der Waals surface area contributed by atoms with Crippen LogP contribution in [0.3, 0.4) is 0 Å². The molecule has 1 aromatic rings. The van der Waals surface area contributed by atoms with E-state index < -0.39 is 0 Å². The van der Waals surface area contributed by atoms with Crippen LogP contribution in [-0.2, 0) is 0 Å². The molecule has 2 heterocycles. The van der Waals surface area contributed by atoms with Gasteiger partial charge in [0.2, 0.25) is 0 Å². The molecular weight excluding hydrogens is 234 g/mol. The fourth-order valence-corrected chi connectivity index (χ4v) is 3.02. The molecule has 1 aromatic heterocycles. The fourth-order valence-electron chi connectivity index (χ4n) is 3.02. The maximum atomic E-state index is 4.70. The number of pyridine rings is 1. The molecule has 2 atom stereocenters. The summed E-state index contributed by atoms with van der Waals surface area (Å²) in [6.07, 6.45) is 8.46. The summed E-state index contributed by atoms with van der Waals surface area (Å²) in [6.45, 7) is 5.66. The van der Waals surface area contributed by atoms with Crippen LogP contribution in [0.15, 0.2) is 18.3 Å². The average molecular weight is 261 g/mol. The lowest BCUT2D eigenvalue weighted by Crippen LogP contribution is -2.36. The van der Waals surface area contributed by atoms with E-state index in [1.54, 1.807) is 0 Å². The quantitative estimate of drug-likeness (QED) is 0.899. The van der Waals surface area contributed by atoms with Gasteiger partial charge in [-0.2, -0.15) is 0 Å². The van der Waals surface area contributed by atoms with Crippen molar-refractivity contribution in [3.8, 4) is 0 Å². The highest BCUT2D eigenvalue weighted by Gasteiger charge is 2.23. The van der Waals surface area contributed by atoms with Crippen LogP contribution in [0.2, 0.25) is 0 Å². The van der Waals surface area contributed by atoms with E-state index in [1.165, 1.54) is 43.5 Å². The normalized spacial score (nSPS) is 22.1. The number of aromatic nitrogens is 1. The molecule has 3 heteroatoms. The zero-order chi connectivity index (χ0) is 13.7. The smallest absolute Gasteiger partial charge is 0.133 e. The Morgan fingerprint density at radius 2 is 2.26 bits per heavy atom. The lowest BCUT2D eigenvalue weighted by molar-refractivity contribution is 0.545. The van der Waals surface area contributed by atoms with Gasteiger partial charge in [-0.3, -0.25) is 0 Å². The molecule has 0 aliphatic carbocycles. The molecule has 0 spiro atoms. The molecule has 0 aromatic carbocycles. The second-order valence-electron chi connectivity index (χ2n) is 5.53. The maximum Gasteiger partial charge on any atom is 0.133 e. The van der Waals surface area contributed by atoms with E-state index in [-0.39, 0.29) is 0 Å².